The van der Waals surface area contributed by atoms with E-state index in [0.717, 1.165) is 49.4 Å². The van der Waals surface area contributed by atoms with Crippen molar-refractivity contribution in [1.29, 1.82) is 0 Å². The number of carbonyl (C=O) groups excluding carboxylic acids is 1. The van der Waals surface area contributed by atoms with Gasteiger partial charge in [0.15, 0.2) is 0 Å². The van der Waals surface area contributed by atoms with Crippen LogP contribution in [0.1, 0.15) is 84.0 Å². The highest BCUT2D eigenvalue weighted by atomic mass is 16.3. The molecule has 0 aromatic carbocycles. The molecule has 3 unspecified atom stereocenters. The number of rotatable bonds is 0. The maximum atomic E-state index is 13.1. The Labute approximate surface area is 146 Å². The maximum absolute atomic E-state index is 13.1. The first-order valence-corrected chi connectivity index (χ1v) is 10.8. The molecule has 5 fully saturated rings. The lowest BCUT2D eigenvalue weighted by Crippen LogP contribution is -2.57. The molecule has 0 aromatic rings. The van der Waals surface area contributed by atoms with Gasteiger partial charge in [-0.2, -0.15) is 0 Å². The summed E-state index contributed by atoms with van der Waals surface area (Å²) in [5, 5.41) is 10.2. The molecule has 5 aliphatic carbocycles. The molecule has 1 N–H and O–H groups in total. The highest BCUT2D eigenvalue weighted by Gasteiger charge is 2.64. The third kappa shape index (κ3) is 1.90. The zero-order chi connectivity index (χ0) is 16.5. The molecule has 0 saturated heterocycles. The van der Waals surface area contributed by atoms with E-state index in [4.69, 9.17) is 0 Å². The Morgan fingerprint density at radius 3 is 2.62 bits per heavy atom. The average Bonchev–Trinajstić information content (AvgIpc) is 2.97. The molecule has 134 valence electrons. The number of hydrogen-bond acceptors (Lipinski definition) is 2. The molecular weight excluding hydrogens is 296 g/mol. The van der Waals surface area contributed by atoms with E-state index in [1.807, 2.05) is 0 Å². The lowest BCUT2D eigenvalue weighted by molar-refractivity contribution is -0.158. The molecular formula is C22H34O2. The summed E-state index contributed by atoms with van der Waals surface area (Å²) in [6.07, 6.45) is 14.4. The topological polar surface area (TPSA) is 37.3 Å². The van der Waals surface area contributed by atoms with Gasteiger partial charge in [-0.05, 0) is 106 Å². The molecule has 1 spiro atoms. The number of ketones is 1. The van der Waals surface area contributed by atoms with Crippen LogP contribution in [0.2, 0.25) is 0 Å². The smallest absolute Gasteiger partial charge is 0.139 e. The van der Waals surface area contributed by atoms with Crippen molar-refractivity contribution in [2.75, 3.05) is 0 Å². The van der Waals surface area contributed by atoms with Crippen molar-refractivity contribution in [2.24, 2.45) is 40.4 Å². The second-order valence-corrected chi connectivity index (χ2v) is 10.3. The van der Waals surface area contributed by atoms with Crippen molar-refractivity contribution in [3.05, 3.63) is 0 Å². The minimum Gasteiger partial charge on any atom is -0.393 e. The second-order valence-electron chi connectivity index (χ2n) is 10.3. The summed E-state index contributed by atoms with van der Waals surface area (Å²) < 4.78 is 0. The van der Waals surface area contributed by atoms with Crippen LogP contribution in [0.5, 0.6) is 0 Å². The molecule has 0 bridgehead atoms. The third-order valence-corrected chi connectivity index (χ3v) is 9.80. The average molecular weight is 331 g/mol. The molecule has 5 aliphatic rings. The van der Waals surface area contributed by atoms with Gasteiger partial charge >= 0.3 is 0 Å². The van der Waals surface area contributed by atoms with Gasteiger partial charge in [-0.1, -0.05) is 6.92 Å². The highest BCUT2D eigenvalue weighted by molar-refractivity contribution is 5.86. The molecule has 0 radical (unpaired) electrons. The predicted molar refractivity (Wildman–Crippen MR) is 94.4 cm³/mol. The van der Waals surface area contributed by atoms with Crippen LogP contribution in [0.25, 0.3) is 0 Å². The zero-order valence-electron chi connectivity index (χ0n) is 15.3. The molecule has 5 rings (SSSR count). The third-order valence-electron chi connectivity index (χ3n) is 9.80. The van der Waals surface area contributed by atoms with Crippen molar-refractivity contribution < 1.29 is 9.90 Å². The standard InChI is InChI=1S/C22H34O2/c1-21-11-9-16(23)13-15(21)5-7-17-18(21)10-12-22-14(6-8-19(17)22)3-2-4-20(22)24/h14-19,23H,2-13H2,1H3/t14-,15+,16+,17?,18?,19?,21-,22-/m0/s1. The van der Waals surface area contributed by atoms with Gasteiger partial charge in [-0.25, -0.2) is 0 Å². The first-order chi connectivity index (χ1) is 11.6. The molecule has 0 heterocycles. The minimum atomic E-state index is -0.0506. The van der Waals surface area contributed by atoms with E-state index in [1.165, 1.54) is 51.4 Å². The Bertz CT molecular complexity index is 542. The lowest BCUT2D eigenvalue weighted by atomic mass is 9.43. The molecule has 0 amide bonds. The second kappa shape index (κ2) is 5.32. The molecule has 0 aromatic heterocycles. The highest BCUT2D eigenvalue weighted by Crippen LogP contribution is 2.69. The Balaban J connectivity index is 1.48. The first-order valence-electron chi connectivity index (χ1n) is 10.8. The van der Waals surface area contributed by atoms with Gasteiger partial charge in [0, 0.05) is 11.8 Å². The fourth-order valence-corrected chi connectivity index (χ4v) is 8.74. The Morgan fingerprint density at radius 1 is 0.917 bits per heavy atom. The van der Waals surface area contributed by atoms with E-state index < -0.39 is 0 Å². The summed E-state index contributed by atoms with van der Waals surface area (Å²) in [7, 11) is 0. The minimum absolute atomic E-state index is 0.0506. The molecule has 2 heteroatoms. The summed E-state index contributed by atoms with van der Waals surface area (Å²) in [5.74, 6) is 4.46. The zero-order valence-corrected chi connectivity index (χ0v) is 15.3. The molecule has 2 nitrogen and oxygen atoms in total. The van der Waals surface area contributed by atoms with Gasteiger partial charge in [-0.3, -0.25) is 4.79 Å². The predicted octanol–water partition coefficient (Wildman–Crippen LogP) is 4.74. The number of Topliss-reactive ketones (excluding diaryl/α,β-unsaturated/α-hetero) is 1. The van der Waals surface area contributed by atoms with Gasteiger partial charge in [-0.15, -0.1) is 0 Å². The quantitative estimate of drug-likeness (QED) is 0.696. The first kappa shape index (κ1) is 15.9. The number of aliphatic hydroxyl groups excluding tert-OH is 1. The molecule has 5 saturated carbocycles. The van der Waals surface area contributed by atoms with Crippen LogP contribution in [-0.2, 0) is 4.79 Å². The van der Waals surface area contributed by atoms with Crippen molar-refractivity contribution in [3.8, 4) is 0 Å². The van der Waals surface area contributed by atoms with E-state index in [9.17, 15) is 9.90 Å². The van der Waals surface area contributed by atoms with E-state index in [0.29, 0.717) is 17.1 Å². The maximum Gasteiger partial charge on any atom is 0.139 e. The van der Waals surface area contributed by atoms with Crippen molar-refractivity contribution in [3.63, 3.8) is 0 Å². The van der Waals surface area contributed by atoms with Crippen LogP contribution in [0.3, 0.4) is 0 Å². The Hall–Kier alpha value is -0.370. The molecule has 24 heavy (non-hydrogen) atoms. The summed E-state index contributed by atoms with van der Waals surface area (Å²) in [5.41, 5.74) is 0.552. The monoisotopic (exact) mass is 330 g/mol. The number of carbonyl (C=O) groups is 1. The largest absolute Gasteiger partial charge is 0.393 e. The number of hydrogen-bond donors (Lipinski definition) is 1. The summed E-state index contributed by atoms with van der Waals surface area (Å²) in [6, 6.07) is 0. The fraction of sp³-hybridized carbons (Fsp3) is 0.955. The van der Waals surface area contributed by atoms with Crippen LogP contribution in [0.4, 0.5) is 0 Å². The van der Waals surface area contributed by atoms with Gasteiger partial charge in [0.05, 0.1) is 6.10 Å². The number of aliphatic hydroxyl groups is 1. The van der Waals surface area contributed by atoms with Crippen molar-refractivity contribution >= 4 is 5.78 Å². The fourth-order valence-electron chi connectivity index (χ4n) is 8.74. The summed E-state index contributed by atoms with van der Waals surface area (Å²) in [4.78, 5) is 13.1. The van der Waals surface area contributed by atoms with E-state index in [2.05, 4.69) is 6.92 Å². The van der Waals surface area contributed by atoms with E-state index >= 15 is 0 Å². The van der Waals surface area contributed by atoms with Gasteiger partial charge in [0.1, 0.15) is 5.78 Å². The Morgan fingerprint density at radius 2 is 1.75 bits per heavy atom. The van der Waals surface area contributed by atoms with Crippen molar-refractivity contribution in [2.45, 2.75) is 90.1 Å². The van der Waals surface area contributed by atoms with E-state index in [-0.39, 0.29) is 11.5 Å². The Kier molecular flexibility index (Phi) is 3.51. The van der Waals surface area contributed by atoms with Crippen LogP contribution in [0, 0.1) is 40.4 Å². The van der Waals surface area contributed by atoms with Crippen LogP contribution >= 0.6 is 0 Å². The van der Waals surface area contributed by atoms with Gasteiger partial charge in [0.2, 0.25) is 0 Å². The van der Waals surface area contributed by atoms with Crippen LogP contribution in [0.15, 0.2) is 0 Å². The molecule has 0 aliphatic heterocycles. The normalized spacial score (nSPS) is 56.8. The van der Waals surface area contributed by atoms with E-state index in [1.54, 1.807) is 0 Å². The van der Waals surface area contributed by atoms with Gasteiger partial charge in [0.25, 0.3) is 0 Å². The van der Waals surface area contributed by atoms with Crippen molar-refractivity contribution in [1.82, 2.24) is 0 Å². The van der Waals surface area contributed by atoms with Crippen LogP contribution in [-0.4, -0.2) is 17.0 Å². The summed E-state index contributed by atoms with van der Waals surface area (Å²) in [6.45, 7) is 2.55. The van der Waals surface area contributed by atoms with Crippen LogP contribution < -0.4 is 0 Å². The number of fused-ring (bicyclic) bond motifs is 4. The SMILES string of the molecule is C[C@]12CC[C@@H](O)C[C@H]1CCC1C2CC[C@]23C(=O)CCC[C@H]2CCC13. The van der Waals surface area contributed by atoms with Gasteiger partial charge < -0.3 is 5.11 Å². The summed E-state index contributed by atoms with van der Waals surface area (Å²) >= 11 is 0. The molecule has 8 atom stereocenters. The lowest BCUT2D eigenvalue weighted by Gasteiger charge is -2.61.